The molecule has 2 rings (SSSR count). The Labute approximate surface area is 101 Å². The molecule has 0 aliphatic carbocycles. The zero-order valence-corrected chi connectivity index (χ0v) is 10.3. The van der Waals surface area contributed by atoms with E-state index in [9.17, 15) is 9.59 Å². The maximum Gasteiger partial charge on any atom is 0.315 e. The number of nitrogens with zero attached hydrogens (tertiary/aromatic N) is 2. The van der Waals surface area contributed by atoms with Gasteiger partial charge in [-0.3, -0.25) is 14.5 Å². The monoisotopic (exact) mass is 240 g/mol. The van der Waals surface area contributed by atoms with Gasteiger partial charge in [0.15, 0.2) is 0 Å². The second-order valence-corrected chi connectivity index (χ2v) is 5.03. The Morgan fingerprint density at radius 1 is 1.24 bits per heavy atom. The van der Waals surface area contributed by atoms with Gasteiger partial charge in [-0.2, -0.15) is 0 Å². The largest absolute Gasteiger partial charge is 0.481 e. The summed E-state index contributed by atoms with van der Waals surface area (Å²) in [4.78, 5) is 27.0. The topological polar surface area (TPSA) is 60.9 Å². The van der Waals surface area contributed by atoms with Crippen molar-refractivity contribution in [2.24, 2.45) is 5.92 Å². The van der Waals surface area contributed by atoms with Crippen LogP contribution >= 0.6 is 0 Å². The molecule has 2 aliphatic rings. The molecule has 0 aromatic heterocycles. The molecule has 2 heterocycles. The number of amides is 1. The van der Waals surface area contributed by atoms with Crippen LogP contribution < -0.4 is 0 Å². The van der Waals surface area contributed by atoms with Crippen molar-refractivity contribution >= 4 is 11.9 Å². The Hall–Kier alpha value is -1.10. The summed E-state index contributed by atoms with van der Waals surface area (Å²) < 4.78 is 0. The van der Waals surface area contributed by atoms with Gasteiger partial charge in [0.2, 0.25) is 5.91 Å². The molecule has 0 radical (unpaired) electrons. The zero-order valence-electron chi connectivity index (χ0n) is 10.3. The van der Waals surface area contributed by atoms with Gasteiger partial charge in [-0.05, 0) is 32.7 Å². The summed E-state index contributed by atoms with van der Waals surface area (Å²) in [5.41, 5.74) is 0. The fourth-order valence-electron chi connectivity index (χ4n) is 2.79. The van der Waals surface area contributed by atoms with Gasteiger partial charge in [-0.25, -0.2) is 0 Å². The third kappa shape index (κ3) is 2.60. The van der Waals surface area contributed by atoms with Gasteiger partial charge in [-0.15, -0.1) is 0 Å². The van der Waals surface area contributed by atoms with Crippen molar-refractivity contribution in [3.63, 3.8) is 0 Å². The van der Waals surface area contributed by atoms with E-state index in [0.717, 1.165) is 25.9 Å². The Morgan fingerprint density at radius 2 is 1.94 bits per heavy atom. The molecule has 17 heavy (non-hydrogen) atoms. The van der Waals surface area contributed by atoms with E-state index in [1.165, 1.54) is 13.3 Å². The van der Waals surface area contributed by atoms with Crippen molar-refractivity contribution in [1.29, 1.82) is 0 Å². The van der Waals surface area contributed by atoms with E-state index in [-0.39, 0.29) is 5.91 Å². The molecule has 5 nitrogen and oxygen atoms in total. The highest BCUT2D eigenvalue weighted by Crippen LogP contribution is 2.22. The van der Waals surface area contributed by atoms with Crippen molar-refractivity contribution in [3.05, 3.63) is 0 Å². The minimum absolute atomic E-state index is 0.230. The van der Waals surface area contributed by atoms with Gasteiger partial charge in [-0.1, -0.05) is 0 Å². The molecular formula is C12H20N2O3. The number of hydrogen-bond acceptors (Lipinski definition) is 3. The Balaban J connectivity index is 2.01. The molecule has 0 spiro atoms. The smallest absolute Gasteiger partial charge is 0.315 e. The standard InChI is InChI=1S/C12H20N2O3/c1-9(12(16)17)11(15)14-7-3-6-13-5-2-4-10(13)8-14/h9-10H,2-8H2,1H3,(H,16,17). The molecule has 1 amide bonds. The minimum Gasteiger partial charge on any atom is -0.481 e. The van der Waals surface area contributed by atoms with Crippen LogP contribution in [-0.4, -0.2) is 59.0 Å². The predicted molar refractivity (Wildman–Crippen MR) is 62.6 cm³/mol. The van der Waals surface area contributed by atoms with Crippen LogP contribution in [0.25, 0.3) is 0 Å². The first-order valence-corrected chi connectivity index (χ1v) is 6.35. The number of aliphatic carboxylic acids is 1. The highest BCUT2D eigenvalue weighted by molar-refractivity contribution is 5.96. The average molecular weight is 240 g/mol. The van der Waals surface area contributed by atoms with E-state index in [1.54, 1.807) is 4.90 Å². The van der Waals surface area contributed by atoms with Crippen molar-refractivity contribution in [1.82, 2.24) is 9.80 Å². The van der Waals surface area contributed by atoms with Crippen molar-refractivity contribution in [2.75, 3.05) is 26.2 Å². The fourth-order valence-corrected chi connectivity index (χ4v) is 2.79. The van der Waals surface area contributed by atoms with E-state index >= 15 is 0 Å². The highest BCUT2D eigenvalue weighted by Gasteiger charge is 2.33. The minimum atomic E-state index is -1.03. The van der Waals surface area contributed by atoms with E-state index < -0.39 is 11.9 Å². The summed E-state index contributed by atoms with van der Waals surface area (Å²) in [7, 11) is 0. The van der Waals surface area contributed by atoms with Crippen molar-refractivity contribution < 1.29 is 14.7 Å². The third-order valence-electron chi connectivity index (χ3n) is 3.86. The number of carbonyl (C=O) groups is 2. The first kappa shape index (κ1) is 12.4. The van der Waals surface area contributed by atoms with Crippen LogP contribution in [0.3, 0.4) is 0 Å². The Bertz CT molecular complexity index is 319. The van der Waals surface area contributed by atoms with E-state index in [2.05, 4.69) is 4.90 Å². The van der Waals surface area contributed by atoms with Gasteiger partial charge < -0.3 is 10.0 Å². The summed E-state index contributed by atoms with van der Waals surface area (Å²) in [5.74, 6) is -2.17. The number of carbonyl (C=O) groups excluding carboxylic acids is 1. The number of fused-ring (bicyclic) bond motifs is 1. The molecule has 0 saturated carbocycles. The van der Waals surface area contributed by atoms with Gasteiger partial charge >= 0.3 is 5.97 Å². The molecule has 0 aromatic rings. The van der Waals surface area contributed by atoms with Crippen LogP contribution in [0.1, 0.15) is 26.2 Å². The fraction of sp³-hybridized carbons (Fsp3) is 0.833. The summed E-state index contributed by atoms with van der Waals surface area (Å²) in [6.45, 7) is 5.04. The Kier molecular flexibility index (Phi) is 3.66. The van der Waals surface area contributed by atoms with Gasteiger partial charge in [0, 0.05) is 25.7 Å². The second-order valence-electron chi connectivity index (χ2n) is 5.03. The first-order valence-electron chi connectivity index (χ1n) is 6.35. The van der Waals surface area contributed by atoms with Crippen LogP contribution in [-0.2, 0) is 9.59 Å². The zero-order chi connectivity index (χ0) is 12.4. The summed E-state index contributed by atoms with van der Waals surface area (Å²) in [6, 6.07) is 0.447. The van der Waals surface area contributed by atoms with Gasteiger partial charge in [0.1, 0.15) is 5.92 Å². The van der Waals surface area contributed by atoms with Gasteiger partial charge in [0.05, 0.1) is 0 Å². The predicted octanol–water partition coefficient (Wildman–Crippen LogP) is 0.404. The number of hydrogen-bond donors (Lipinski definition) is 1. The molecule has 96 valence electrons. The quantitative estimate of drug-likeness (QED) is 0.710. The molecule has 2 aliphatic heterocycles. The number of carboxylic acid groups (broad SMARTS) is 1. The lowest BCUT2D eigenvalue weighted by Gasteiger charge is -2.26. The third-order valence-corrected chi connectivity index (χ3v) is 3.86. The van der Waals surface area contributed by atoms with Crippen molar-refractivity contribution in [3.8, 4) is 0 Å². The first-order chi connectivity index (χ1) is 8.09. The van der Waals surface area contributed by atoms with Gasteiger partial charge in [0.25, 0.3) is 0 Å². The van der Waals surface area contributed by atoms with Crippen LogP contribution in [0.5, 0.6) is 0 Å². The number of rotatable bonds is 2. The van der Waals surface area contributed by atoms with Crippen LogP contribution in [0, 0.1) is 5.92 Å². The highest BCUT2D eigenvalue weighted by atomic mass is 16.4. The van der Waals surface area contributed by atoms with E-state index in [4.69, 9.17) is 5.11 Å². The maximum absolute atomic E-state index is 12.0. The lowest BCUT2D eigenvalue weighted by molar-refractivity contribution is -0.150. The average Bonchev–Trinajstić information content (AvgIpc) is 2.64. The normalized spacial score (nSPS) is 27.4. The molecule has 5 heteroatoms. The molecule has 2 saturated heterocycles. The van der Waals surface area contributed by atoms with E-state index in [1.807, 2.05) is 0 Å². The molecular weight excluding hydrogens is 220 g/mol. The van der Waals surface area contributed by atoms with Crippen LogP contribution in [0.4, 0.5) is 0 Å². The SMILES string of the molecule is CC(C(=O)O)C(=O)N1CCCN2CCCC2C1. The summed E-state index contributed by atoms with van der Waals surface area (Å²) in [6.07, 6.45) is 3.28. The molecule has 2 atom stereocenters. The number of carboxylic acids is 1. The van der Waals surface area contributed by atoms with Crippen molar-refractivity contribution in [2.45, 2.75) is 32.2 Å². The second kappa shape index (κ2) is 5.04. The molecule has 2 unspecified atom stereocenters. The molecule has 2 fully saturated rings. The lowest BCUT2D eigenvalue weighted by Crippen LogP contribution is -2.43. The summed E-state index contributed by atoms with van der Waals surface area (Å²) >= 11 is 0. The lowest BCUT2D eigenvalue weighted by atomic mass is 10.1. The molecule has 0 bridgehead atoms. The van der Waals surface area contributed by atoms with Crippen LogP contribution in [0.2, 0.25) is 0 Å². The molecule has 1 N–H and O–H groups in total. The molecule has 0 aromatic carbocycles. The Morgan fingerprint density at radius 3 is 2.65 bits per heavy atom. The van der Waals surface area contributed by atoms with Crippen LogP contribution in [0.15, 0.2) is 0 Å². The maximum atomic E-state index is 12.0. The van der Waals surface area contributed by atoms with E-state index in [0.29, 0.717) is 19.1 Å². The summed E-state index contributed by atoms with van der Waals surface area (Å²) in [5, 5.41) is 8.88.